The highest BCUT2D eigenvalue weighted by Gasteiger charge is 2.20. The van der Waals surface area contributed by atoms with Crippen LogP contribution in [-0.2, 0) is 13.0 Å². The van der Waals surface area contributed by atoms with Gasteiger partial charge in [0, 0.05) is 18.8 Å². The van der Waals surface area contributed by atoms with Gasteiger partial charge in [0.15, 0.2) is 17.4 Å². The van der Waals surface area contributed by atoms with Gasteiger partial charge < -0.3 is 10.0 Å². The lowest BCUT2D eigenvalue weighted by molar-refractivity contribution is 0.395. The molecule has 1 N–H and O–H groups in total. The Morgan fingerprint density at radius 2 is 1.75 bits per heavy atom. The third-order valence-electron chi connectivity index (χ3n) is 3.49. The van der Waals surface area contributed by atoms with Crippen molar-refractivity contribution in [3.05, 3.63) is 58.9 Å². The van der Waals surface area contributed by atoms with Crippen molar-refractivity contribution in [2.45, 2.75) is 13.0 Å². The van der Waals surface area contributed by atoms with Crippen LogP contribution in [0.15, 0.2) is 30.3 Å². The minimum absolute atomic E-state index is 0.268. The largest absolute Gasteiger partial charge is 0.503 e. The van der Waals surface area contributed by atoms with E-state index in [4.69, 9.17) is 5.11 Å². The Balaban J connectivity index is 1.89. The second-order valence-electron chi connectivity index (χ2n) is 4.85. The van der Waals surface area contributed by atoms with Gasteiger partial charge in [0.05, 0.1) is 0 Å². The molecule has 0 radical (unpaired) electrons. The van der Waals surface area contributed by atoms with E-state index in [1.165, 1.54) is 12.1 Å². The molecule has 0 fully saturated rings. The zero-order valence-corrected chi connectivity index (χ0v) is 10.5. The van der Waals surface area contributed by atoms with Crippen molar-refractivity contribution in [3.63, 3.8) is 0 Å². The minimum atomic E-state index is -0.987. The molecule has 1 heterocycles. The van der Waals surface area contributed by atoms with E-state index in [9.17, 15) is 13.2 Å². The maximum Gasteiger partial charge on any atom is 0.187 e. The third-order valence-corrected chi connectivity index (χ3v) is 3.49. The van der Waals surface area contributed by atoms with E-state index in [0.717, 1.165) is 29.8 Å². The number of phenols is 1. The van der Waals surface area contributed by atoms with E-state index in [1.807, 2.05) is 4.90 Å². The summed E-state index contributed by atoms with van der Waals surface area (Å²) in [7, 11) is 0. The summed E-state index contributed by atoms with van der Waals surface area (Å²) in [5.74, 6) is -3.28. The standard InChI is InChI=1S/C15H12F3NO/c16-11-2-1-10-3-4-19(14(10)7-11)8-9-5-12(17)15(20)13(18)6-9/h1-2,5-7,20H,3-4,8H2. The number of fused-ring (bicyclic) bond motifs is 1. The fourth-order valence-corrected chi connectivity index (χ4v) is 2.51. The smallest absolute Gasteiger partial charge is 0.187 e. The molecule has 1 aliphatic rings. The van der Waals surface area contributed by atoms with Crippen molar-refractivity contribution in [2.24, 2.45) is 0 Å². The summed E-state index contributed by atoms with van der Waals surface area (Å²) >= 11 is 0. The highest BCUT2D eigenvalue weighted by molar-refractivity contribution is 5.58. The van der Waals surface area contributed by atoms with Crippen LogP contribution < -0.4 is 4.90 Å². The SMILES string of the molecule is Oc1c(F)cc(CN2CCc3ccc(F)cc32)cc1F. The number of rotatable bonds is 2. The Morgan fingerprint density at radius 1 is 1.05 bits per heavy atom. The van der Waals surface area contributed by atoms with Gasteiger partial charge in [0.1, 0.15) is 5.82 Å². The molecular formula is C15H12F3NO. The molecule has 2 nitrogen and oxygen atoms in total. The third kappa shape index (κ3) is 2.19. The Bertz CT molecular complexity index is 649. The van der Waals surface area contributed by atoms with Crippen molar-refractivity contribution < 1.29 is 18.3 Å². The Kier molecular flexibility index (Phi) is 3.04. The molecule has 0 aromatic heterocycles. The van der Waals surface area contributed by atoms with Crippen LogP contribution in [0.1, 0.15) is 11.1 Å². The molecular weight excluding hydrogens is 267 g/mol. The molecule has 0 aliphatic carbocycles. The summed E-state index contributed by atoms with van der Waals surface area (Å²) in [6, 6.07) is 6.74. The lowest BCUT2D eigenvalue weighted by Gasteiger charge is -2.19. The first-order valence-electron chi connectivity index (χ1n) is 6.25. The summed E-state index contributed by atoms with van der Waals surface area (Å²) in [5.41, 5.74) is 2.17. The highest BCUT2D eigenvalue weighted by atomic mass is 19.1. The van der Waals surface area contributed by atoms with Gasteiger partial charge in [-0.15, -0.1) is 0 Å². The monoisotopic (exact) mass is 279 g/mol. The second kappa shape index (κ2) is 4.74. The van der Waals surface area contributed by atoms with Gasteiger partial charge in [-0.25, -0.2) is 13.2 Å². The van der Waals surface area contributed by atoms with Gasteiger partial charge in [-0.1, -0.05) is 6.07 Å². The predicted molar refractivity (Wildman–Crippen MR) is 69.2 cm³/mol. The van der Waals surface area contributed by atoms with Crippen molar-refractivity contribution in [1.29, 1.82) is 0 Å². The van der Waals surface area contributed by atoms with Crippen LogP contribution in [0.2, 0.25) is 0 Å². The number of phenolic OH excluding ortho intramolecular Hbond substituents is 1. The number of aromatic hydroxyl groups is 1. The Labute approximate surface area is 114 Å². The molecule has 104 valence electrons. The van der Waals surface area contributed by atoms with Gasteiger partial charge in [0.2, 0.25) is 0 Å². The van der Waals surface area contributed by atoms with Crippen molar-refractivity contribution in [1.82, 2.24) is 0 Å². The number of hydrogen-bond acceptors (Lipinski definition) is 2. The molecule has 0 amide bonds. The Hall–Kier alpha value is -2.17. The van der Waals surface area contributed by atoms with Crippen LogP contribution in [0.3, 0.4) is 0 Å². The lowest BCUT2D eigenvalue weighted by Crippen LogP contribution is -2.20. The summed E-state index contributed by atoms with van der Waals surface area (Å²) in [6.07, 6.45) is 0.776. The lowest BCUT2D eigenvalue weighted by atomic mass is 10.1. The predicted octanol–water partition coefficient (Wildman–Crippen LogP) is 3.37. The fourth-order valence-electron chi connectivity index (χ4n) is 2.51. The number of benzene rings is 2. The molecule has 2 aromatic carbocycles. The maximum absolute atomic E-state index is 13.3. The molecule has 20 heavy (non-hydrogen) atoms. The molecule has 0 unspecified atom stereocenters. The molecule has 0 spiro atoms. The summed E-state index contributed by atoms with van der Waals surface area (Å²) in [4.78, 5) is 1.86. The summed E-state index contributed by atoms with van der Waals surface area (Å²) in [6.45, 7) is 0.938. The average molecular weight is 279 g/mol. The van der Waals surface area contributed by atoms with Crippen molar-refractivity contribution in [2.75, 3.05) is 11.4 Å². The quantitative estimate of drug-likeness (QED) is 0.911. The first-order valence-corrected chi connectivity index (χ1v) is 6.25. The second-order valence-corrected chi connectivity index (χ2v) is 4.85. The normalized spacial score (nSPS) is 13.7. The molecule has 0 atom stereocenters. The zero-order valence-electron chi connectivity index (χ0n) is 10.5. The van der Waals surface area contributed by atoms with E-state index in [1.54, 1.807) is 6.07 Å². The van der Waals surface area contributed by atoms with Crippen LogP contribution in [0.4, 0.5) is 18.9 Å². The van der Waals surface area contributed by atoms with Crippen molar-refractivity contribution in [3.8, 4) is 5.75 Å². The van der Waals surface area contributed by atoms with Gasteiger partial charge in [-0.2, -0.15) is 0 Å². The highest BCUT2D eigenvalue weighted by Crippen LogP contribution is 2.31. The Morgan fingerprint density at radius 3 is 2.45 bits per heavy atom. The average Bonchev–Trinajstić information content (AvgIpc) is 2.78. The number of anilines is 1. The van der Waals surface area contributed by atoms with E-state index in [0.29, 0.717) is 12.1 Å². The van der Waals surface area contributed by atoms with Gasteiger partial charge in [-0.3, -0.25) is 0 Å². The zero-order chi connectivity index (χ0) is 14.3. The molecule has 5 heteroatoms. The van der Waals surface area contributed by atoms with E-state index >= 15 is 0 Å². The van der Waals surface area contributed by atoms with Crippen molar-refractivity contribution >= 4 is 5.69 Å². The van der Waals surface area contributed by atoms with E-state index in [2.05, 4.69) is 0 Å². The minimum Gasteiger partial charge on any atom is -0.503 e. The fraction of sp³-hybridized carbons (Fsp3) is 0.200. The summed E-state index contributed by atoms with van der Waals surface area (Å²) < 4.78 is 39.9. The molecule has 0 saturated carbocycles. The molecule has 0 bridgehead atoms. The van der Waals surface area contributed by atoms with Gasteiger partial charge in [-0.05, 0) is 41.8 Å². The van der Waals surface area contributed by atoms with Gasteiger partial charge >= 0.3 is 0 Å². The van der Waals surface area contributed by atoms with Gasteiger partial charge in [0.25, 0.3) is 0 Å². The first-order chi connectivity index (χ1) is 9.54. The van der Waals surface area contributed by atoms with E-state index in [-0.39, 0.29) is 12.4 Å². The molecule has 2 aromatic rings. The van der Waals surface area contributed by atoms with Crippen LogP contribution in [-0.4, -0.2) is 11.7 Å². The number of halogens is 3. The van der Waals surface area contributed by atoms with Crippen LogP contribution >= 0.6 is 0 Å². The number of hydrogen-bond donors (Lipinski definition) is 1. The number of nitrogens with zero attached hydrogens (tertiary/aromatic N) is 1. The van der Waals surface area contributed by atoms with E-state index < -0.39 is 17.4 Å². The molecule has 3 rings (SSSR count). The van der Waals surface area contributed by atoms with Crippen LogP contribution in [0, 0.1) is 17.5 Å². The van der Waals surface area contributed by atoms with Crippen LogP contribution in [0.5, 0.6) is 5.75 Å². The molecule has 1 aliphatic heterocycles. The topological polar surface area (TPSA) is 23.5 Å². The molecule has 0 saturated heterocycles. The summed E-state index contributed by atoms with van der Waals surface area (Å²) in [5, 5.41) is 9.07. The maximum atomic E-state index is 13.3. The van der Waals surface area contributed by atoms with Crippen LogP contribution in [0.25, 0.3) is 0 Å². The first kappa shape index (κ1) is 12.8.